The molecule has 0 spiro atoms. The molecular weight excluding hydrogens is 171 g/mol. The predicted octanol–water partition coefficient (Wildman–Crippen LogP) is 0.527. The normalized spacial score (nSPS) is 21.5. The summed E-state index contributed by atoms with van der Waals surface area (Å²) in [5.74, 6) is 2.13. The van der Waals surface area contributed by atoms with Crippen LogP contribution in [0.15, 0.2) is 23.8 Å². The molecule has 1 unspecified atom stereocenters. The molecule has 0 nitrogen and oxygen atoms in total. The minimum Gasteiger partial charge on any atom is -1.00 e. The molecule has 0 aromatic carbocycles. The molecule has 0 bridgehead atoms. The van der Waals surface area contributed by atoms with E-state index in [9.17, 15) is 0 Å². The van der Waals surface area contributed by atoms with E-state index in [4.69, 9.17) is 0 Å². The standard InChI is InChI=1S/C11H18.K.H/c1-8(2)10-5-6-11(7-10)9(3)4;;/h5-10H,1-4H3;;/q;+1;-1. The van der Waals surface area contributed by atoms with Gasteiger partial charge in [-0.05, 0) is 23.3 Å². The average molecular weight is 190 g/mol. The maximum Gasteiger partial charge on any atom is 1.00 e. The van der Waals surface area contributed by atoms with Crippen LogP contribution < -0.4 is 51.4 Å². The maximum atomic E-state index is 2.40. The van der Waals surface area contributed by atoms with Gasteiger partial charge in [-0.25, -0.2) is 0 Å². The molecule has 1 aliphatic rings. The average Bonchev–Trinajstić information content (AvgIpc) is 2.33. The zero-order chi connectivity index (χ0) is 8.43. The Bertz CT molecular complexity index is 192. The number of hydrogen-bond acceptors (Lipinski definition) is 0. The molecule has 0 N–H and O–H groups in total. The van der Waals surface area contributed by atoms with Crippen LogP contribution in [0.25, 0.3) is 0 Å². The molecule has 0 fully saturated rings. The Balaban J connectivity index is 0. The summed E-state index contributed by atoms with van der Waals surface area (Å²) >= 11 is 0. The quantitative estimate of drug-likeness (QED) is 0.557. The van der Waals surface area contributed by atoms with Crippen LogP contribution >= 0.6 is 0 Å². The van der Waals surface area contributed by atoms with Gasteiger partial charge in [-0.1, -0.05) is 45.9 Å². The Morgan fingerprint density at radius 3 is 2.08 bits per heavy atom. The van der Waals surface area contributed by atoms with Gasteiger partial charge in [0.1, 0.15) is 0 Å². The van der Waals surface area contributed by atoms with Crippen molar-refractivity contribution in [1.82, 2.24) is 0 Å². The molecular formula is C11H19K. The molecule has 1 atom stereocenters. The molecule has 0 aromatic rings. The molecule has 0 amide bonds. The number of allylic oxidation sites excluding steroid dienone is 4. The summed E-state index contributed by atoms with van der Waals surface area (Å²) in [5.41, 5.74) is 1.50. The van der Waals surface area contributed by atoms with Crippen LogP contribution in [0.2, 0.25) is 0 Å². The fraction of sp³-hybridized carbons (Fsp3) is 0.636. The Labute approximate surface area is 120 Å². The predicted molar refractivity (Wildman–Crippen MR) is 51.5 cm³/mol. The Morgan fingerprint density at radius 2 is 1.83 bits per heavy atom. The molecule has 0 saturated heterocycles. The second-order valence-electron chi connectivity index (χ2n) is 4.00. The van der Waals surface area contributed by atoms with E-state index in [2.05, 4.69) is 45.9 Å². The summed E-state index contributed by atoms with van der Waals surface area (Å²) in [5, 5.41) is 0. The molecule has 1 heteroatoms. The first-order valence-electron chi connectivity index (χ1n) is 4.51. The SMILES string of the molecule is CC(C)C1=CC(C(C)C)C=C1.[H-].[K+]. The van der Waals surface area contributed by atoms with Crippen molar-refractivity contribution >= 4 is 0 Å². The summed E-state index contributed by atoms with van der Waals surface area (Å²) in [4.78, 5) is 0. The summed E-state index contributed by atoms with van der Waals surface area (Å²) in [6.07, 6.45) is 6.99. The summed E-state index contributed by atoms with van der Waals surface area (Å²) in [7, 11) is 0. The van der Waals surface area contributed by atoms with E-state index in [1.807, 2.05) is 0 Å². The van der Waals surface area contributed by atoms with Gasteiger partial charge >= 0.3 is 51.4 Å². The van der Waals surface area contributed by atoms with Crippen molar-refractivity contribution in [1.29, 1.82) is 0 Å². The van der Waals surface area contributed by atoms with Gasteiger partial charge in [-0.15, -0.1) is 0 Å². The Hall–Kier alpha value is 1.12. The van der Waals surface area contributed by atoms with Crippen molar-refractivity contribution < 1.29 is 52.8 Å². The van der Waals surface area contributed by atoms with Crippen molar-refractivity contribution in [2.24, 2.45) is 17.8 Å². The zero-order valence-electron chi connectivity index (χ0n) is 9.96. The van der Waals surface area contributed by atoms with E-state index in [1.165, 1.54) is 5.57 Å². The second-order valence-corrected chi connectivity index (χ2v) is 4.00. The van der Waals surface area contributed by atoms with Gasteiger partial charge < -0.3 is 1.43 Å². The third-order valence-electron chi connectivity index (χ3n) is 2.33. The molecule has 12 heavy (non-hydrogen) atoms. The van der Waals surface area contributed by atoms with Gasteiger partial charge in [0.2, 0.25) is 0 Å². The van der Waals surface area contributed by atoms with Crippen molar-refractivity contribution in [2.45, 2.75) is 27.7 Å². The van der Waals surface area contributed by atoms with E-state index in [0.29, 0.717) is 11.8 Å². The second kappa shape index (κ2) is 5.76. The van der Waals surface area contributed by atoms with E-state index in [0.717, 1.165) is 5.92 Å². The fourth-order valence-corrected chi connectivity index (χ4v) is 1.36. The van der Waals surface area contributed by atoms with E-state index in [-0.39, 0.29) is 52.8 Å². The van der Waals surface area contributed by atoms with Crippen LogP contribution in [0.5, 0.6) is 0 Å². The van der Waals surface area contributed by atoms with E-state index in [1.54, 1.807) is 0 Å². The molecule has 64 valence electrons. The molecule has 0 radical (unpaired) electrons. The largest absolute Gasteiger partial charge is 1.00 e. The van der Waals surface area contributed by atoms with Crippen LogP contribution in [0.1, 0.15) is 29.1 Å². The maximum absolute atomic E-state index is 2.40. The molecule has 0 saturated carbocycles. The van der Waals surface area contributed by atoms with Crippen LogP contribution in [0.4, 0.5) is 0 Å². The van der Waals surface area contributed by atoms with Crippen LogP contribution in [-0.2, 0) is 0 Å². The number of hydrogen-bond donors (Lipinski definition) is 0. The van der Waals surface area contributed by atoms with Crippen molar-refractivity contribution in [3.63, 3.8) is 0 Å². The first-order chi connectivity index (χ1) is 5.11. The van der Waals surface area contributed by atoms with Crippen LogP contribution in [0.3, 0.4) is 0 Å². The van der Waals surface area contributed by atoms with Crippen LogP contribution in [-0.4, -0.2) is 0 Å². The monoisotopic (exact) mass is 190 g/mol. The minimum atomic E-state index is 0. The molecule has 0 aliphatic heterocycles. The molecule has 1 aliphatic carbocycles. The zero-order valence-corrected chi connectivity index (χ0v) is 12.1. The summed E-state index contributed by atoms with van der Waals surface area (Å²) < 4.78 is 0. The third kappa shape index (κ3) is 3.47. The van der Waals surface area contributed by atoms with Crippen molar-refractivity contribution in [2.75, 3.05) is 0 Å². The summed E-state index contributed by atoms with van der Waals surface area (Å²) in [6.45, 7) is 9.04. The Morgan fingerprint density at radius 1 is 1.25 bits per heavy atom. The van der Waals surface area contributed by atoms with Gasteiger partial charge in [-0.3, -0.25) is 0 Å². The first kappa shape index (κ1) is 13.1. The van der Waals surface area contributed by atoms with Crippen LogP contribution in [0, 0.1) is 17.8 Å². The topological polar surface area (TPSA) is 0 Å². The number of rotatable bonds is 2. The van der Waals surface area contributed by atoms with Gasteiger partial charge in [0.05, 0.1) is 0 Å². The molecule has 0 heterocycles. The van der Waals surface area contributed by atoms with Gasteiger partial charge in [0.15, 0.2) is 0 Å². The van der Waals surface area contributed by atoms with Gasteiger partial charge in [-0.2, -0.15) is 0 Å². The molecule has 0 aromatic heterocycles. The third-order valence-corrected chi connectivity index (χ3v) is 2.33. The minimum absolute atomic E-state index is 0. The Kier molecular flexibility index (Phi) is 6.30. The molecule has 1 rings (SSSR count). The van der Waals surface area contributed by atoms with Crippen molar-refractivity contribution in [3.05, 3.63) is 23.8 Å². The summed E-state index contributed by atoms with van der Waals surface area (Å²) in [6, 6.07) is 0. The smallest absolute Gasteiger partial charge is 1.00 e. The van der Waals surface area contributed by atoms with Gasteiger partial charge in [0, 0.05) is 0 Å². The van der Waals surface area contributed by atoms with Gasteiger partial charge in [0.25, 0.3) is 0 Å². The van der Waals surface area contributed by atoms with Crippen molar-refractivity contribution in [3.8, 4) is 0 Å². The van der Waals surface area contributed by atoms with E-state index >= 15 is 0 Å². The first-order valence-corrected chi connectivity index (χ1v) is 4.51. The van der Waals surface area contributed by atoms with E-state index < -0.39 is 0 Å². The fourth-order valence-electron chi connectivity index (χ4n) is 1.36.